The first-order chi connectivity index (χ1) is 8.70. The zero-order valence-corrected chi connectivity index (χ0v) is 10.7. The number of rotatable bonds is 5. The molecule has 0 aliphatic carbocycles. The number of nitrogens with zero attached hydrogens (tertiary/aromatic N) is 5. The number of anilines is 2. The van der Waals surface area contributed by atoms with E-state index in [4.69, 9.17) is 5.73 Å². The molecule has 0 radical (unpaired) electrons. The van der Waals surface area contributed by atoms with Crippen molar-refractivity contribution < 1.29 is 0 Å². The first-order valence-corrected chi connectivity index (χ1v) is 6.02. The van der Waals surface area contributed by atoms with E-state index >= 15 is 0 Å². The van der Waals surface area contributed by atoms with Gasteiger partial charge in [0.1, 0.15) is 0 Å². The van der Waals surface area contributed by atoms with Gasteiger partial charge in [0.05, 0.1) is 0 Å². The quantitative estimate of drug-likeness (QED) is 0.803. The van der Waals surface area contributed by atoms with E-state index in [1.807, 2.05) is 31.3 Å². The van der Waals surface area contributed by atoms with Crippen LogP contribution in [0, 0.1) is 0 Å². The lowest BCUT2D eigenvalue weighted by Gasteiger charge is -2.21. The standard InChI is InChI=1S/C12H18N6/c1-3-8-18(12-14-15-16-17(12)2)9-10-4-6-11(13)7-5-10/h4-7H,3,8-9,13H2,1-2H3. The Labute approximate surface area is 106 Å². The summed E-state index contributed by atoms with van der Waals surface area (Å²) in [4.78, 5) is 2.16. The monoisotopic (exact) mass is 246 g/mol. The Bertz CT molecular complexity index is 490. The number of benzene rings is 1. The average molecular weight is 246 g/mol. The third kappa shape index (κ3) is 2.77. The first kappa shape index (κ1) is 12.3. The van der Waals surface area contributed by atoms with Gasteiger partial charge in [-0.3, -0.25) is 0 Å². The maximum absolute atomic E-state index is 5.68. The molecular formula is C12H18N6. The lowest BCUT2D eigenvalue weighted by Crippen LogP contribution is -2.26. The minimum Gasteiger partial charge on any atom is -0.399 e. The molecule has 2 N–H and O–H groups in total. The molecule has 96 valence electrons. The smallest absolute Gasteiger partial charge is 0.245 e. The molecule has 0 atom stereocenters. The molecule has 6 heteroatoms. The Morgan fingerprint density at radius 2 is 2.00 bits per heavy atom. The van der Waals surface area contributed by atoms with Gasteiger partial charge in [-0.2, -0.15) is 0 Å². The number of aromatic nitrogens is 4. The predicted molar refractivity (Wildman–Crippen MR) is 71.0 cm³/mol. The topological polar surface area (TPSA) is 72.9 Å². The number of nitrogen functional groups attached to an aromatic ring is 1. The Morgan fingerprint density at radius 3 is 2.56 bits per heavy atom. The summed E-state index contributed by atoms with van der Waals surface area (Å²) in [5.41, 5.74) is 7.66. The molecule has 0 unspecified atom stereocenters. The Kier molecular flexibility index (Phi) is 3.76. The van der Waals surface area contributed by atoms with Crippen LogP contribution in [0.15, 0.2) is 24.3 Å². The van der Waals surface area contributed by atoms with Crippen LogP contribution in [0.1, 0.15) is 18.9 Å². The lowest BCUT2D eigenvalue weighted by atomic mass is 10.2. The minimum atomic E-state index is 0.779. The number of hydrogen-bond acceptors (Lipinski definition) is 5. The van der Waals surface area contributed by atoms with Gasteiger partial charge in [-0.05, 0) is 34.5 Å². The minimum absolute atomic E-state index is 0.779. The summed E-state index contributed by atoms with van der Waals surface area (Å²) in [7, 11) is 1.85. The van der Waals surface area contributed by atoms with E-state index in [1.165, 1.54) is 5.56 Å². The molecule has 2 rings (SSSR count). The molecule has 0 aliphatic rings. The molecule has 0 bridgehead atoms. The molecule has 6 nitrogen and oxygen atoms in total. The lowest BCUT2D eigenvalue weighted by molar-refractivity contribution is 0.669. The zero-order chi connectivity index (χ0) is 13.0. The normalized spacial score (nSPS) is 10.6. The van der Waals surface area contributed by atoms with E-state index in [9.17, 15) is 0 Å². The Balaban J connectivity index is 2.16. The molecule has 0 spiro atoms. The summed E-state index contributed by atoms with van der Waals surface area (Å²) in [5, 5.41) is 11.6. The molecule has 2 aromatic rings. The Hall–Kier alpha value is -2.11. The van der Waals surface area contributed by atoms with Crippen LogP contribution < -0.4 is 10.6 Å². The number of tetrazole rings is 1. The molecule has 1 aromatic carbocycles. The van der Waals surface area contributed by atoms with Gasteiger partial charge in [0.15, 0.2) is 0 Å². The SMILES string of the molecule is CCCN(Cc1ccc(N)cc1)c1nnnn1C. The first-order valence-electron chi connectivity index (χ1n) is 6.02. The maximum atomic E-state index is 5.68. The summed E-state index contributed by atoms with van der Waals surface area (Å²) in [6.45, 7) is 3.83. The van der Waals surface area contributed by atoms with Gasteiger partial charge in [-0.15, -0.1) is 0 Å². The fourth-order valence-corrected chi connectivity index (χ4v) is 1.86. The van der Waals surface area contributed by atoms with Crippen molar-refractivity contribution in [1.29, 1.82) is 0 Å². The molecule has 0 saturated carbocycles. The van der Waals surface area contributed by atoms with Crippen LogP contribution in [0.3, 0.4) is 0 Å². The summed E-state index contributed by atoms with van der Waals surface area (Å²) in [6.07, 6.45) is 1.04. The molecule has 18 heavy (non-hydrogen) atoms. The van der Waals surface area contributed by atoms with Crippen molar-refractivity contribution in [3.05, 3.63) is 29.8 Å². The van der Waals surface area contributed by atoms with Crippen LogP contribution in [0.5, 0.6) is 0 Å². The second-order valence-corrected chi connectivity index (χ2v) is 4.27. The van der Waals surface area contributed by atoms with E-state index < -0.39 is 0 Å². The molecule has 0 aliphatic heterocycles. The summed E-state index contributed by atoms with van der Waals surface area (Å²) in [5.74, 6) is 0.786. The number of aryl methyl sites for hydroxylation is 1. The van der Waals surface area contributed by atoms with Crippen molar-refractivity contribution in [3.8, 4) is 0 Å². The highest BCUT2D eigenvalue weighted by molar-refractivity contribution is 5.40. The summed E-state index contributed by atoms with van der Waals surface area (Å²) in [6, 6.07) is 7.88. The van der Waals surface area contributed by atoms with Crippen molar-refractivity contribution in [2.24, 2.45) is 7.05 Å². The highest BCUT2D eigenvalue weighted by atomic mass is 15.6. The van der Waals surface area contributed by atoms with Crippen molar-refractivity contribution in [3.63, 3.8) is 0 Å². The highest BCUT2D eigenvalue weighted by Gasteiger charge is 2.12. The second-order valence-electron chi connectivity index (χ2n) is 4.27. The molecule has 0 amide bonds. The average Bonchev–Trinajstić information content (AvgIpc) is 2.78. The van der Waals surface area contributed by atoms with Gasteiger partial charge in [0, 0.05) is 25.8 Å². The third-order valence-electron chi connectivity index (χ3n) is 2.73. The largest absolute Gasteiger partial charge is 0.399 e. The van der Waals surface area contributed by atoms with Gasteiger partial charge in [0.2, 0.25) is 5.95 Å². The predicted octanol–water partition coefficient (Wildman–Crippen LogP) is 1.21. The van der Waals surface area contributed by atoms with Crippen LogP contribution in [0.25, 0.3) is 0 Å². The van der Waals surface area contributed by atoms with Gasteiger partial charge in [-0.1, -0.05) is 24.2 Å². The van der Waals surface area contributed by atoms with Crippen molar-refractivity contribution in [1.82, 2.24) is 20.2 Å². The van der Waals surface area contributed by atoms with E-state index in [-0.39, 0.29) is 0 Å². The zero-order valence-electron chi connectivity index (χ0n) is 10.7. The molecule has 1 aromatic heterocycles. The van der Waals surface area contributed by atoms with Crippen LogP contribution in [0.2, 0.25) is 0 Å². The van der Waals surface area contributed by atoms with Crippen molar-refractivity contribution >= 4 is 11.6 Å². The highest BCUT2D eigenvalue weighted by Crippen LogP contribution is 2.14. The van der Waals surface area contributed by atoms with Crippen molar-refractivity contribution in [2.75, 3.05) is 17.2 Å². The van der Waals surface area contributed by atoms with Crippen molar-refractivity contribution in [2.45, 2.75) is 19.9 Å². The third-order valence-corrected chi connectivity index (χ3v) is 2.73. The molecule has 0 fully saturated rings. The van der Waals surface area contributed by atoms with Gasteiger partial charge < -0.3 is 10.6 Å². The second kappa shape index (κ2) is 5.48. The van der Waals surface area contributed by atoms with Gasteiger partial charge in [0.25, 0.3) is 0 Å². The summed E-state index contributed by atoms with van der Waals surface area (Å²) < 4.78 is 1.69. The van der Waals surface area contributed by atoms with E-state index in [1.54, 1.807) is 4.68 Å². The van der Waals surface area contributed by atoms with Crippen LogP contribution in [0.4, 0.5) is 11.6 Å². The molecule has 1 heterocycles. The van der Waals surface area contributed by atoms with Gasteiger partial charge in [-0.25, -0.2) is 4.68 Å². The van der Waals surface area contributed by atoms with Crippen LogP contribution >= 0.6 is 0 Å². The molecule has 0 saturated heterocycles. The maximum Gasteiger partial charge on any atom is 0.245 e. The van der Waals surface area contributed by atoms with E-state index in [2.05, 4.69) is 27.3 Å². The fraction of sp³-hybridized carbons (Fsp3) is 0.417. The van der Waals surface area contributed by atoms with Crippen LogP contribution in [-0.2, 0) is 13.6 Å². The van der Waals surface area contributed by atoms with E-state index in [0.717, 1.165) is 31.1 Å². The number of nitrogens with two attached hydrogens (primary N) is 1. The van der Waals surface area contributed by atoms with Crippen LogP contribution in [-0.4, -0.2) is 26.8 Å². The van der Waals surface area contributed by atoms with Gasteiger partial charge >= 0.3 is 0 Å². The van der Waals surface area contributed by atoms with E-state index in [0.29, 0.717) is 0 Å². The number of hydrogen-bond donors (Lipinski definition) is 1. The Morgan fingerprint density at radius 1 is 1.28 bits per heavy atom. The summed E-state index contributed by atoms with van der Waals surface area (Å²) >= 11 is 0. The molecular weight excluding hydrogens is 228 g/mol. The fourth-order valence-electron chi connectivity index (χ4n) is 1.86.